The third-order valence-electron chi connectivity index (χ3n) is 3.59. The number of rotatable bonds is 7. The van der Waals surface area contributed by atoms with Crippen LogP contribution in [0.15, 0.2) is 54.1 Å². The van der Waals surface area contributed by atoms with Gasteiger partial charge in [-0.1, -0.05) is 25.1 Å². The molecule has 0 aromatic heterocycles. The van der Waals surface area contributed by atoms with Gasteiger partial charge >= 0.3 is 5.97 Å². The van der Waals surface area contributed by atoms with Crippen LogP contribution in [0.3, 0.4) is 0 Å². The molecular weight excluding hydrogens is 344 g/mol. The highest BCUT2D eigenvalue weighted by Gasteiger charge is 2.12. The highest BCUT2D eigenvalue weighted by molar-refractivity contribution is 6.10. The monoisotopic (exact) mass is 364 g/mol. The molecule has 0 heterocycles. The molecule has 0 aliphatic carbocycles. The van der Waals surface area contributed by atoms with E-state index in [0.717, 1.165) is 6.42 Å². The molecule has 6 heteroatoms. The summed E-state index contributed by atoms with van der Waals surface area (Å²) in [4.78, 5) is 24.3. The molecule has 0 fully saturated rings. The maximum absolute atomic E-state index is 12.4. The smallest absolute Gasteiger partial charge is 0.338 e. The Hall–Kier alpha value is -3.59. The van der Waals surface area contributed by atoms with E-state index in [1.807, 2.05) is 13.0 Å². The van der Waals surface area contributed by atoms with Crippen LogP contribution in [0.1, 0.15) is 29.3 Å². The SMILES string of the molecule is CCCOC(=O)c1cccc(NC(=O)/C(C#N)=C\c2ccc(OC)cc2)c1. The summed E-state index contributed by atoms with van der Waals surface area (Å²) in [5.41, 5.74) is 1.37. The Morgan fingerprint density at radius 1 is 1.19 bits per heavy atom. The van der Waals surface area contributed by atoms with Crippen LogP contribution >= 0.6 is 0 Å². The fourth-order valence-electron chi connectivity index (χ4n) is 2.22. The zero-order valence-corrected chi connectivity index (χ0v) is 15.2. The topological polar surface area (TPSA) is 88.4 Å². The van der Waals surface area contributed by atoms with Crippen LogP contribution in [0.25, 0.3) is 6.08 Å². The van der Waals surface area contributed by atoms with Crippen molar-refractivity contribution in [2.24, 2.45) is 0 Å². The van der Waals surface area contributed by atoms with Gasteiger partial charge in [-0.3, -0.25) is 4.79 Å². The maximum Gasteiger partial charge on any atom is 0.338 e. The summed E-state index contributed by atoms with van der Waals surface area (Å²) >= 11 is 0. The van der Waals surface area contributed by atoms with Crippen LogP contribution in [-0.2, 0) is 9.53 Å². The Balaban J connectivity index is 2.13. The lowest BCUT2D eigenvalue weighted by molar-refractivity contribution is -0.112. The van der Waals surface area contributed by atoms with Gasteiger partial charge in [0.1, 0.15) is 17.4 Å². The minimum Gasteiger partial charge on any atom is -0.497 e. The fourth-order valence-corrected chi connectivity index (χ4v) is 2.22. The molecule has 2 aromatic rings. The van der Waals surface area contributed by atoms with Gasteiger partial charge in [0, 0.05) is 5.69 Å². The van der Waals surface area contributed by atoms with Gasteiger partial charge in [-0.25, -0.2) is 4.79 Å². The first-order valence-corrected chi connectivity index (χ1v) is 8.41. The number of nitrogens with zero attached hydrogens (tertiary/aromatic N) is 1. The number of ether oxygens (including phenoxy) is 2. The van der Waals surface area contributed by atoms with Crippen molar-refractivity contribution in [3.05, 3.63) is 65.2 Å². The average molecular weight is 364 g/mol. The number of nitrogens with one attached hydrogen (secondary N) is 1. The van der Waals surface area contributed by atoms with Crippen LogP contribution in [0.2, 0.25) is 0 Å². The molecule has 0 bridgehead atoms. The lowest BCUT2D eigenvalue weighted by atomic mass is 10.1. The second-order valence-corrected chi connectivity index (χ2v) is 5.61. The first-order valence-electron chi connectivity index (χ1n) is 8.41. The van der Waals surface area contributed by atoms with Crippen molar-refractivity contribution < 1.29 is 19.1 Å². The molecule has 2 aromatic carbocycles. The number of hydrogen-bond donors (Lipinski definition) is 1. The second-order valence-electron chi connectivity index (χ2n) is 5.61. The molecule has 0 radical (unpaired) electrons. The molecule has 0 unspecified atom stereocenters. The van der Waals surface area contributed by atoms with Crippen molar-refractivity contribution in [3.63, 3.8) is 0 Å². The van der Waals surface area contributed by atoms with Gasteiger partial charge in [0.2, 0.25) is 0 Å². The number of hydrogen-bond acceptors (Lipinski definition) is 5. The Labute approximate surface area is 158 Å². The molecular formula is C21H20N2O4. The third-order valence-corrected chi connectivity index (χ3v) is 3.59. The van der Waals surface area contributed by atoms with Gasteiger partial charge in [-0.05, 0) is 48.4 Å². The van der Waals surface area contributed by atoms with Gasteiger partial charge in [0.25, 0.3) is 5.91 Å². The summed E-state index contributed by atoms with van der Waals surface area (Å²) in [6.45, 7) is 2.24. The Morgan fingerprint density at radius 3 is 2.56 bits per heavy atom. The summed E-state index contributed by atoms with van der Waals surface area (Å²) in [7, 11) is 1.56. The quantitative estimate of drug-likeness (QED) is 0.458. The number of carbonyl (C=O) groups excluding carboxylic acids is 2. The Kier molecular flexibility index (Phi) is 7.15. The minimum absolute atomic E-state index is 0.0564. The molecule has 0 saturated carbocycles. The summed E-state index contributed by atoms with van der Waals surface area (Å²) < 4.78 is 10.2. The molecule has 138 valence electrons. The van der Waals surface area contributed by atoms with Gasteiger partial charge in [-0.2, -0.15) is 5.26 Å². The number of amides is 1. The summed E-state index contributed by atoms with van der Waals surface area (Å²) in [6, 6.07) is 15.2. The number of carbonyl (C=O) groups is 2. The van der Waals surface area contributed by atoms with Crippen LogP contribution in [0.5, 0.6) is 5.75 Å². The van der Waals surface area contributed by atoms with Gasteiger partial charge in [0.15, 0.2) is 0 Å². The van der Waals surface area contributed by atoms with E-state index in [4.69, 9.17) is 9.47 Å². The molecule has 0 aliphatic rings. The van der Waals surface area contributed by atoms with Crippen LogP contribution < -0.4 is 10.1 Å². The van der Waals surface area contributed by atoms with Crippen molar-refractivity contribution in [1.82, 2.24) is 0 Å². The highest BCUT2D eigenvalue weighted by atomic mass is 16.5. The summed E-state index contributed by atoms with van der Waals surface area (Å²) in [5, 5.41) is 11.9. The number of benzene rings is 2. The summed E-state index contributed by atoms with van der Waals surface area (Å²) in [5.74, 6) is -0.337. The first kappa shape index (κ1) is 19.7. The van der Waals surface area contributed by atoms with Crippen molar-refractivity contribution in [1.29, 1.82) is 5.26 Å². The highest BCUT2D eigenvalue weighted by Crippen LogP contribution is 2.16. The van der Waals surface area contributed by atoms with E-state index >= 15 is 0 Å². The molecule has 0 spiro atoms. The molecule has 0 atom stereocenters. The van der Waals surface area contributed by atoms with E-state index in [1.165, 1.54) is 12.1 Å². The molecule has 1 amide bonds. The van der Waals surface area contributed by atoms with Crippen molar-refractivity contribution in [3.8, 4) is 11.8 Å². The number of nitriles is 1. The van der Waals surface area contributed by atoms with Gasteiger partial charge in [0.05, 0.1) is 19.3 Å². The largest absolute Gasteiger partial charge is 0.497 e. The number of methoxy groups -OCH3 is 1. The lowest BCUT2D eigenvalue weighted by Crippen LogP contribution is -2.14. The van der Waals surface area contributed by atoms with Crippen molar-refractivity contribution in [2.45, 2.75) is 13.3 Å². The molecule has 6 nitrogen and oxygen atoms in total. The van der Waals surface area contributed by atoms with E-state index in [9.17, 15) is 14.9 Å². The Bertz CT molecular complexity index is 880. The van der Waals surface area contributed by atoms with E-state index in [2.05, 4.69) is 5.32 Å². The molecule has 1 N–H and O–H groups in total. The van der Waals surface area contributed by atoms with Crippen molar-refractivity contribution in [2.75, 3.05) is 19.0 Å². The fraction of sp³-hybridized carbons (Fsp3) is 0.190. The van der Waals surface area contributed by atoms with Gasteiger partial charge in [-0.15, -0.1) is 0 Å². The maximum atomic E-state index is 12.4. The lowest BCUT2D eigenvalue weighted by Gasteiger charge is -2.07. The predicted octanol–water partition coefficient (Wildman–Crippen LogP) is 3.81. The molecule has 0 aliphatic heterocycles. The first-order chi connectivity index (χ1) is 13.1. The standard InChI is InChI=1S/C21H20N2O4/c1-3-11-27-21(25)16-5-4-6-18(13-16)23-20(24)17(14-22)12-15-7-9-19(26-2)10-8-15/h4-10,12-13H,3,11H2,1-2H3,(H,23,24)/b17-12-. The molecule has 2 rings (SSSR count). The second kappa shape index (κ2) is 9.78. The van der Waals surface area contributed by atoms with Crippen LogP contribution in [-0.4, -0.2) is 25.6 Å². The number of anilines is 1. The van der Waals surface area contributed by atoms with E-state index in [0.29, 0.717) is 29.2 Å². The minimum atomic E-state index is -0.563. The normalized spacial score (nSPS) is 10.6. The Morgan fingerprint density at radius 2 is 1.93 bits per heavy atom. The van der Waals surface area contributed by atoms with E-state index < -0.39 is 11.9 Å². The molecule has 0 saturated heterocycles. The van der Waals surface area contributed by atoms with Crippen LogP contribution in [0, 0.1) is 11.3 Å². The van der Waals surface area contributed by atoms with Gasteiger partial charge < -0.3 is 14.8 Å². The zero-order chi connectivity index (χ0) is 19.6. The molecule has 27 heavy (non-hydrogen) atoms. The third kappa shape index (κ3) is 5.72. The number of esters is 1. The zero-order valence-electron chi connectivity index (χ0n) is 15.2. The predicted molar refractivity (Wildman–Crippen MR) is 102 cm³/mol. The van der Waals surface area contributed by atoms with E-state index in [-0.39, 0.29) is 5.57 Å². The summed E-state index contributed by atoms with van der Waals surface area (Å²) in [6.07, 6.45) is 2.21. The van der Waals surface area contributed by atoms with E-state index in [1.54, 1.807) is 49.6 Å². The van der Waals surface area contributed by atoms with Crippen LogP contribution in [0.4, 0.5) is 5.69 Å². The van der Waals surface area contributed by atoms with Crippen molar-refractivity contribution >= 4 is 23.6 Å². The average Bonchev–Trinajstić information content (AvgIpc) is 2.70.